The summed E-state index contributed by atoms with van der Waals surface area (Å²) in [4.78, 5) is 13.8. The Hall–Kier alpha value is -1.71. The second kappa shape index (κ2) is 5.51. The molecule has 0 spiro atoms. The van der Waals surface area contributed by atoms with E-state index in [1.807, 2.05) is 12.1 Å². The summed E-state index contributed by atoms with van der Waals surface area (Å²) < 4.78 is 0. The molecule has 4 nitrogen and oxygen atoms in total. The third-order valence-electron chi connectivity index (χ3n) is 4.08. The summed E-state index contributed by atoms with van der Waals surface area (Å²) in [5, 5.41) is 0. The van der Waals surface area contributed by atoms with Gasteiger partial charge in [0.2, 0.25) is 0 Å². The molecule has 0 aromatic heterocycles. The summed E-state index contributed by atoms with van der Waals surface area (Å²) in [7, 11) is 0. The zero-order valence-electron chi connectivity index (χ0n) is 11.7. The molecule has 0 bridgehead atoms. The van der Waals surface area contributed by atoms with Gasteiger partial charge >= 0.3 is 0 Å². The van der Waals surface area contributed by atoms with E-state index in [1.54, 1.807) is 6.07 Å². The van der Waals surface area contributed by atoms with Crippen LogP contribution in [-0.2, 0) is 0 Å². The van der Waals surface area contributed by atoms with Crippen LogP contribution < -0.4 is 16.4 Å². The predicted octanol–water partition coefficient (Wildman–Crippen LogP) is 2.38. The minimum Gasteiger partial charge on any atom is -0.398 e. The number of benzene rings is 1. The minimum atomic E-state index is -0.460. The van der Waals surface area contributed by atoms with Gasteiger partial charge in [0.15, 0.2) is 0 Å². The summed E-state index contributed by atoms with van der Waals surface area (Å²) >= 11 is 0. The Morgan fingerprint density at radius 3 is 2.84 bits per heavy atom. The smallest absolute Gasteiger partial charge is 0.250 e. The van der Waals surface area contributed by atoms with Gasteiger partial charge in [0, 0.05) is 24.0 Å². The quantitative estimate of drug-likeness (QED) is 0.820. The van der Waals surface area contributed by atoms with Gasteiger partial charge in [0.25, 0.3) is 5.91 Å². The number of primary amides is 1. The van der Waals surface area contributed by atoms with Crippen molar-refractivity contribution in [3.05, 3.63) is 23.8 Å². The average Bonchev–Trinajstić information content (AvgIpc) is 2.39. The molecule has 1 aliphatic heterocycles. The lowest BCUT2D eigenvalue weighted by Gasteiger charge is -2.40. The van der Waals surface area contributed by atoms with Gasteiger partial charge in [-0.3, -0.25) is 4.79 Å². The molecule has 2 rings (SSSR count). The zero-order valence-corrected chi connectivity index (χ0v) is 11.7. The van der Waals surface area contributed by atoms with Crippen molar-refractivity contribution in [2.45, 2.75) is 39.2 Å². The van der Waals surface area contributed by atoms with E-state index >= 15 is 0 Å². The highest BCUT2D eigenvalue weighted by Gasteiger charge is 2.25. The highest BCUT2D eigenvalue weighted by molar-refractivity contribution is 5.99. The van der Waals surface area contributed by atoms with Crippen LogP contribution in [0.1, 0.15) is 43.5 Å². The summed E-state index contributed by atoms with van der Waals surface area (Å²) in [6, 6.07) is 6.13. The molecule has 4 heteroatoms. The van der Waals surface area contributed by atoms with Gasteiger partial charge in [0.1, 0.15) is 0 Å². The molecule has 1 saturated heterocycles. The lowest BCUT2D eigenvalue weighted by molar-refractivity contribution is 0.100. The predicted molar refractivity (Wildman–Crippen MR) is 79.2 cm³/mol. The summed E-state index contributed by atoms with van der Waals surface area (Å²) in [6.45, 7) is 5.54. The van der Waals surface area contributed by atoms with Crippen LogP contribution in [0, 0.1) is 5.92 Å². The van der Waals surface area contributed by atoms with Crippen LogP contribution >= 0.6 is 0 Å². The largest absolute Gasteiger partial charge is 0.398 e. The van der Waals surface area contributed by atoms with Crippen LogP contribution in [0.15, 0.2) is 18.2 Å². The highest BCUT2D eigenvalue weighted by Crippen LogP contribution is 2.31. The molecular weight excluding hydrogens is 238 g/mol. The molecular formula is C15H23N3O. The van der Waals surface area contributed by atoms with Crippen LogP contribution in [-0.4, -0.2) is 18.5 Å². The summed E-state index contributed by atoms with van der Waals surface area (Å²) in [6.07, 6.45) is 3.50. The molecule has 0 saturated carbocycles. The zero-order chi connectivity index (χ0) is 14.0. The van der Waals surface area contributed by atoms with Crippen molar-refractivity contribution in [1.82, 2.24) is 0 Å². The minimum absolute atomic E-state index is 0.422. The monoisotopic (exact) mass is 261 g/mol. The number of hydrogen-bond donors (Lipinski definition) is 2. The van der Waals surface area contributed by atoms with Crippen molar-refractivity contribution in [3.63, 3.8) is 0 Å². The number of anilines is 2. The molecule has 1 aliphatic rings. The van der Waals surface area contributed by atoms with E-state index in [0.29, 0.717) is 17.3 Å². The third kappa shape index (κ3) is 2.83. The standard InChI is InChI=1S/C15H23N3O/c1-3-11-8-10(2)6-7-18(11)12-4-5-14(16)13(9-12)15(17)19/h4-5,9-11H,3,6-8,16H2,1-2H3,(H2,17,19)/t10?,11-/m0/s1. The van der Waals surface area contributed by atoms with Gasteiger partial charge in [-0.25, -0.2) is 0 Å². The van der Waals surface area contributed by atoms with Gasteiger partial charge in [-0.15, -0.1) is 0 Å². The Morgan fingerprint density at radius 1 is 1.47 bits per heavy atom. The fourth-order valence-electron chi connectivity index (χ4n) is 2.91. The van der Waals surface area contributed by atoms with Crippen molar-refractivity contribution in [2.24, 2.45) is 11.7 Å². The van der Waals surface area contributed by atoms with Crippen molar-refractivity contribution in [3.8, 4) is 0 Å². The third-order valence-corrected chi connectivity index (χ3v) is 4.08. The molecule has 1 fully saturated rings. The first-order valence-corrected chi connectivity index (χ1v) is 6.98. The van der Waals surface area contributed by atoms with Gasteiger partial charge < -0.3 is 16.4 Å². The first-order chi connectivity index (χ1) is 9.02. The number of carbonyl (C=O) groups excluding carboxylic acids is 1. The van der Waals surface area contributed by atoms with Crippen molar-refractivity contribution in [1.29, 1.82) is 0 Å². The van der Waals surface area contributed by atoms with Crippen molar-refractivity contribution in [2.75, 3.05) is 17.2 Å². The second-order valence-corrected chi connectivity index (χ2v) is 5.52. The van der Waals surface area contributed by atoms with E-state index in [9.17, 15) is 4.79 Å². The van der Waals surface area contributed by atoms with E-state index < -0.39 is 5.91 Å². The molecule has 19 heavy (non-hydrogen) atoms. The van der Waals surface area contributed by atoms with Crippen LogP contribution in [0.2, 0.25) is 0 Å². The summed E-state index contributed by atoms with van der Waals surface area (Å²) in [5.74, 6) is 0.309. The number of carbonyl (C=O) groups is 1. The first-order valence-electron chi connectivity index (χ1n) is 6.98. The molecule has 1 aromatic carbocycles. The van der Waals surface area contributed by atoms with E-state index in [1.165, 1.54) is 12.8 Å². The Labute approximate surface area is 114 Å². The summed E-state index contributed by atoms with van der Waals surface area (Å²) in [5.41, 5.74) is 13.1. The lowest BCUT2D eigenvalue weighted by Crippen LogP contribution is -2.41. The van der Waals surface area contributed by atoms with Crippen molar-refractivity contribution >= 4 is 17.3 Å². The molecule has 2 atom stereocenters. The molecule has 1 heterocycles. The van der Waals surface area contributed by atoms with Gasteiger partial charge in [-0.2, -0.15) is 0 Å². The number of nitrogen functional groups attached to an aromatic ring is 1. The van der Waals surface area contributed by atoms with Crippen LogP contribution in [0.25, 0.3) is 0 Å². The number of amides is 1. The van der Waals surface area contributed by atoms with E-state index in [4.69, 9.17) is 11.5 Å². The van der Waals surface area contributed by atoms with Crippen molar-refractivity contribution < 1.29 is 4.79 Å². The maximum Gasteiger partial charge on any atom is 0.250 e. The average molecular weight is 261 g/mol. The van der Waals surface area contributed by atoms with E-state index in [0.717, 1.165) is 24.6 Å². The molecule has 0 aliphatic carbocycles. The van der Waals surface area contributed by atoms with Crippen LogP contribution in [0.5, 0.6) is 0 Å². The molecule has 1 aromatic rings. The topological polar surface area (TPSA) is 72.3 Å². The molecule has 4 N–H and O–H groups in total. The molecule has 0 radical (unpaired) electrons. The number of hydrogen-bond acceptors (Lipinski definition) is 3. The highest BCUT2D eigenvalue weighted by atomic mass is 16.1. The maximum atomic E-state index is 11.4. The molecule has 1 unspecified atom stereocenters. The number of rotatable bonds is 3. The number of nitrogens with two attached hydrogens (primary N) is 2. The fourth-order valence-corrected chi connectivity index (χ4v) is 2.91. The SMILES string of the molecule is CC[C@H]1CC(C)CCN1c1ccc(N)c(C(N)=O)c1. The number of nitrogens with zero attached hydrogens (tertiary/aromatic N) is 1. The lowest BCUT2D eigenvalue weighted by atomic mass is 9.90. The van der Waals surface area contributed by atoms with Crippen LogP contribution in [0.3, 0.4) is 0 Å². The Balaban J connectivity index is 2.30. The molecule has 104 valence electrons. The Morgan fingerprint density at radius 2 is 2.21 bits per heavy atom. The Bertz CT molecular complexity index is 472. The fraction of sp³-hybridized carbons (Fsp3) is 0.533. The normalized spacial score (nSPS) is 23.4. The maximum absolute atomic E-state index is 11.4. The number of piperidine rings is 1. The second-order valence-electron chi connectivity index (χ2n) is 5.52. The Kier molecular flexibility index (Phi) is 3.98. The van der Waals surface area contributed by atoms with E-state index in [2.05, 4.69) is 18.7 Å². The first kappa shape index (κ1) is 13.7. The van der Waals surface area contributed by atoms with Gasteiger partial charge in [-0.1, -0.05) is 13.8 Å². The van der Waals surface area contributed by atoms with Gasteiger partial charge in [-0.05, 0) is 43.4 Å². The van der Waals surface area contributed by atoms with E-state index in [-0.39, 0.29) is 0 Å². The molecule has 1 amide bonds. The van der Waals surface area contributed by atoms with Gasteiger partial charge in [0.05, 0.1) is 5.56 Å². The van der Waals surface area contributed by atoms with Crippen LogP contribution in [0.4, 0.5) is 11.4 Å².